The van der Waals surface area contributed by atoms with E-state index in [1.54, 1.807) is 11.3 Å². The molecule has 1 aromatic heterocycles. The van der Waals surface area contributed by atoms with Crippen LogP contribution in [-0.2, 0) is 6.54 Å². The summed E-state index contributed by atoms with van der Waals surface area (Å²) < 4.78 is 7.13. The fourth-order valence-corrected chi connectivity index (χ4v) is 2.96. The normalized spacial score (nSPS) is 12.4. The van der Waals surface area contributed by atoms with E-state index in [2.05, 4.69) is 71.7 Å². The van der Waals surface area contributed by atoms with E-state index in [0.717, 1.165) is 23.3 Å². The number of hydrogen-bond acceptors (Lipinski definition) is 3. The summed E-state index contributed by atoms with van der Waals surface area (Å²) in [6.07, 6.45) is 0.148. The van der Waals surface area contributed by atoms with Crippen molar-refractivity contribution in [2.75, 3.05) is 6.54 Å². The molecule has 0 bridgehead atoms. The molecular weight excluding hydrogens is 334 g/mol. The van der Waals surface area contributed by atoms with Crippen molar-refractivity contribution in [1.29, 1.82) is 0 Å². The Morgan fingerprint density at radius 1 is 1.30 bits per heavy atom. The summed E-state index contributed by atoms with van der Waals surface area (Å²) in [4.78, 5) is 1.35. The maximum Gasteiger partial charge on any atom is 0.120 e. The molecule has 2 nitrogen and oxygen atoms in total. The Hall–Kier alpha value is -0.840. The van der Waals surface area contributed by atoms with E-state index >= 15 is 0 Å². The van der Waals surface area contributed by atoms with Crippen LogP contribution in [0, 0.1) is 13.8 Å². The number of thiophene rings is 1. The average molecular weight is 354 g/mol. The Bertz CT molecular complexity index is 531. The van der Waals surface area contributed by atoms with Crippen molar-refractivity contribution >= 4 is 27.3 Å². The first-order valence-electron chi connectivity index (χ1n) is 6.72. The second-order valence-electron chi connectivity index (χ2n) is 5.01. The lowest BCUT2D eigenvalue weighted by atomic mass is 10.1. The quantitative estimate of drug-likeness (QED) is 0.813. The van der Waals surface area contributed by atoms with E-state index in [0.29, 0.717) is 0 Å². The van der Waals surface area contributed by atoms with Gasteiger partial charge < -0.3 is 10.1 Å². The molecule has 1 atom stereocenters. The standard InChI is InChI=1S/C16H20BrNOS/c1-11-7-14(8-12(2)16(11)17)19-13(3)9-18-10-15-5-4-6-20-15/h4-8,13,18H,9-10H2,1-3H3. The third-order valence-electron chi connectivity index (χ3n) is 3.06. The van der Waals surface area contributed by atoms with Gasteiger partial charge in [0.1, 0.15) is 11.9 Å². The van der Waals surface area contributed by atoms with E-state index in [-0.39, 0.29) is 6.10 Å². The van der Waals surface area contributed by atoms with Crippen molar-refractivity contribution in [1.82, 2.24) is 5.32 Å². The minimum Gasteiger partial charge on any atom is -0.489 e. The highest BCUT2D eigenvalue weighted by molar-refractivity contribution is 9.10. The molecule has 20 heavy (non-hydrogen) atoms. The summed E-state index contributed by atoms with van der Waals surface area (Å²) in [5.74, 6) is 0.939. The number of aryl methyl sites for hydroxylation is 2. The highest BCUT2D eigenvalue weighted by atomic mass is 79.9. The van der Waals surface area contributed by atoms with Crippen LogP contribution in [0.2, 0.25) is 0 Å². The minimum atomic E-state index is 0.148. The van der Waals surface area contributed by atoms with Crippen molar-refractivity contribution in [2.24, 2.45) is 0 Å². The number of halogens is 1. The summed E-state index contributed by atoms with van der Waals surface area (Å²) >= 11 is 5.35. The predicted octanol–water partition coefficient (Wildman–Crippen LogP) is 4.68. The molecule has 1 aromatic carbocycles. The van der Waals surface area contributed by atoms with Crippen molar-refractivity contribution in [3.05, 3.63) is 50.1 Å². The van der Waals surface area contributed by atoms with E-state index in [9.17, 15) is 0 Å². The molecule has 0 amide bonds. The van der Waals surface area contributed by atoms with Crippen molar-refractivity contribution in [3.63, 3.8) is 0 Å². The van der Waals surface area contributed by atoms with Gasteiger partial charge in [0.2, 0.25) is 0 Å². The Morgan fingerprint density at radius 2 is 2.00 bits per heavy atom. The molecule has 0 spiro atoms. The van der Waals surface area contributed by atoms with Crippen LogP contribution < -0.4 is 10.1 Å². The molecule has 0 fully saturated rings. The van der Waals surface area contributed by atoms with Gasteiger partial charge >= 0.3 is 0 Å². The van der Waals surface area contributed by atoms with Gasteiger partial charge in [0.05, 0.1) is 0 Å². The molecule has 0 aliphatic carbocycles. The van der Waals surface area contributed by atoms with Crippen LogP contribution in [0.4, 0.5) is 0 Å². The van der Waals surface area contributed by atoms with Gasteiger partial charge in [-0.2, -0.15) is 0 Å². The predicted molar refractivity (Wildman–Crippen MR) is 89.7 cm³/mol. The smallest absolute Gasteiger partial charge is 0.120 e. The summed E-state index contributed by atoms with van der Waals surface area (Å²) in [6, 6.07) is 8.37. The topological polar surface area (TPSA) is 21.3 Å². The largest absolute Gasteiger partial charge is 0.489 e. The van der Waals surface area contributed by atoms with Crippen molar-refractivity contribution < 1.29 is 4.74 Å². The molecule has 0 aliphatic heterocycles. The lowest BCUT2D eigenvalue weighted by Crippen LogP contribution is -2.28. The molecular formula is C16H20BrNOS. The maximum absolute atomic E-state index is 5.97. The number of nitrogens with one attached hydrogen (secondary N) is 1. The van der Waals surface area contributed by atoms with Crippen molar-refractivity contribution in [2.45, 2.75) is 33.4 Å². The Kier molecular flexibility index (Phi) is 5.64. The zero-order chi connectivity index (χ0) is 14.5. The van der Waals surface area contributed by atoms with E-state index in [1.807, 2.05) is 0 Å². The molecule has 1 unspecified atom stereocenters. The molecule has 1 N–H and O–H groups in total. The molecule has 1 heterocycles. The van der Waals surface area contributed by atoms with Crippen molar-refractivity contribution in [3.8, 4) is 5.75 Å². The highest BCUT2D eigenvalue weighted by Gasteiger charge is 2.07. The van der Waals surface area contributed by atoms with Crippen LogP contribution in [0.5, 0.6) is 5.75 Å². The van der Waals surface area contributed by atoms with Crippen LogP contribution in [0.25, 0.3) is 0 Å². The number of benzene rings is 1. The van der Waals surface area contributed by atoms with Crippen LogP contribution in [-0.4, -0.2) is 12.6 Å². The summed E-state index contributed by atoms with van der Waals surface area (Å²) in [5, 5.41) is 5.53. The van der Waals surface area contributed by atoms with Gasteiger partial charge in [-0.3, -0.25) is 0 Å². The molecule has 0 aliphatic rings. The van der Waals surface area contributed by atoms with Gasteiger partial charge in [0, 0.05) is 22.4 Å². The Morgan fingerprint density at radius 3 is 2.60 bits per heavy atom. The third kappa shape index (κ3) is 4.33. The zero-order valence-electron chi connectivity index (χ0n) is 12.1. The highest BCUT2D eigenvalue weighted by Crippen LogP contribution is 2.26. The first-order valence-corrected chi connectivity index (χ1v) is 8.40. The SMILES string of the molecule is Cc1cc(OC(C)CNCc2cccs2)cc(C)c1Br. The monoisotopic (exact) mass is 353 g/mol. The summed E-state index contributed by atoms with van der Waals surface area (Å²) in [7, 11) is 0. The lowest BCUT2D eigenvalue weighted by molar-refractivity contribution is 0.216. The Labute approximate surface area is 133 Å². The zero-order valence-corrected chi connectivity index (χ0v) is 14.5. The van der Waals surface area contributed by atoms with E-state index in [1.165, 1.54) is 16.0 Å². The van der Waals surface area contributed by atoms with Crippen LogP contribution in [0.3, 0.4) is 0 Å². The fraction of sp³-hybridized carbons (Fsp3) is 0.375. The maximum atomic E-state index is 5.97. The molecule has 0 saturated heterocycles. The summed E-state index contributed by atoms with van der Waals surface area (Å²) in [5.41, 5.74) is 2.41. The lowest BCUT2D eigenvalue weighted by Gasteiger charge is -2.17. The van der Waals surface area contributed by atoms with Crippen LogP contribution >= 0.6 is 27.3 Å². The molecule has 2 aromatic rings. The van der Waals surface area contributed by atoms with Gasteiger partial charge in [-0.25, -0.2) is 0 Å². The summed E-state index contributed by atoms with van der Waals surface area (Å²) in [6.45, 7) is 8.01. The van der Waals surface area contributed by atoms with Gasteiger partial charge in [-0.05, 0) is 55.5 Å². The molecule has 0 saturated carbocycles. The number of hydrogen-bond donors (Lipinski definition) is 1. The van der Waals surface area contributed by atoms with Gasteiger partial charge in [-0.15, -0.1) is 11.3 Å². The first-order chi connectivity index (χ1) is 9.56. The van der Waals surface area contributed by atoms with E-state index in [4.69, 9.17) is 4.74 Å². The Balaban J connectivity index is 1.83. The molecule has 4 heteroatoms. The first kappa shape index (κ1) is 15.5. The van der Waals surface area contributed by atoms with E-state index < -0.39 is 0 Å². The fourth-order valence-electron chi connectivity index (χ4n) is 2.06. The molecule has 2 rings (SSSR count). The van der Waals surface area contributed by atoms with Gasteiger partial charge in [-0.1, -0.05) is 22.0 Å². The van der Waals surface area contributed by atoms with Crippen LogP contribution in [0.15, 0.2) is 34.1 Å². The second kappa shape index (κ2) is 7.25. The van der Waals surface area contributed by atoms with Gasteiger partial charge in [0.25, 0.3) is 0 Å². The van der Waals surface area contributed by atoms with Gasteiger partial charge in [0.15, 0.2) is 0 Å². The second-order valence-corrected chi connectivity index (χ2v) is 6.84. The number of ether oxygens (including phenoxy) is 1. The third-order valence-corrected chi connectivity index (χ3v) is 5.19. The molecule has 108 valence electrons. The number of rotatable bonds is 6. The van der Waals surface area contributed by atoms with Crippen LogP contribution in [0.1, 0.15) is 22.9 Å². The average Bonchev–Trinajstić information content (AvgIpc) is 2.89. The minimum absolute atomic E-state index is 0.148. The molecule has 0 radical (unpaired) electrons.